The number of likely N-dealkylation sites (tertiary alicyclic amines) is 1. The van der Waals surface area contributed by atoms with Crippen LogP contribution in [0.15, 0.2) is 18.2 Å². The van der Waals surface area contributed by atoms with Gasteiger partial charge in [-0.15, -0.1) is 0 Å². The first kappa shape index (κ1) is 14.4. The van der Waals surface area contributed by atoms with Gasteiger partial charge in [-0.2, -0.15) is 0 Å². The number of amides is 1. The highest BCUT2D eigenvalue weighted by molar-refractivity contribution is 5.93. The molecular formula is C13H18N4O3. The minimum absolute atomic E-state index is 0.0690. The van der Waals surface area contributed by atoms with Gasteiger partial charge in [0, 0.05) is 36.3 Å². The summed E-state index contributed by atoms with van der Waals surface area (Å²) in [6.45, 7) is 2.07. The van der Waals surface area contributed by atoms with E-state index in [9.17, 15) is 14.9 Å². The molecule has 20 heavy (non-hydrogen) atoms. The third-order valence-corrected chi connectivity index (χ3v) is 3.50. The predicted octanol–water partition coefficient (Wildman–Crippen LogP) is 0.617. The van der Waals surface area contributed by atoms with Crippen LogP contribution in [0.4, 0.5) is 5.69 Å². The minimum Gasteiger partial charge on any atom is -0.366 e. The molecule has 1 aliphatic heterocycles. The second-order valence-electron chi connectivity index (χ2n) is 5.10. The van der Waals surface area contributed by atoms with Crippen molar-refractivity contribution in [1.82, 2.24) is 4.90 Å². The van der Waals surface area contributed by atoms with Crippen LogP contribution < -0.4 is 11.5 Å². The minimum atomic E-state index is -0.667. The smallest absolute Gasteiger partial charge is 0.274 e. The van der Waals surface area contributed by atoms with Crippen molar-refractivity contribution in [3.8, 4) is 0 Å². The Bertz CT molecular complexity index is 532. The molecule has 0 bridgehead atoms. The number of hydrogen-bond donors (Lipinski definition) is 2. The first-order valence-electron chi connectivity index (χ1n) is 6.52. The molecule has 1 aromatic carbocycles. The topological polar surface area (TPSA) is 115 Å². The first-order chi connectivity index (χ1) is 9.47. The molecule has 1 unspecified atom stereocenters. The summed E-state index contributed by atoms with van der Waals surface area (Å²) in [4.78, 5) is 23.8. The number of benzene rings is 1. The quantitative estimate of drug-likeness (QED) is 0.618. The fourth-order valence-electron chi connectivity index (χ4n) is 2.50. The molecule has 1 amide bonds. The molecule has 1 fully saturated rings. The van der Waals surface area contributed by atoms with Gasteiger partial charge in [-0.1, -0.05) is 6.07 Å². The highest BCUT2D eigenvalue weighted by Gasteiger charge is 2.21. The number of piperidine rings is 1. The van der Waals surface area contributed by atoms with E-state index in [0.29, 0.717) is 12.1 Å². The summed E-state index contributed by atoms with van der Waals surface area (Å²) >= 11 is 0. The zero-order valence-electron chi connectivity index (χ0n) is 11.1. The van der Waals surface area contributed by atoms with Gasteiger partial charge in [-0.3, -0.25) is 19.8 Å². The SMILES string of the molecule is NC(=O)c1ccc(CN2CCCC(N)C2)c([N+](=O)[O-])c1. The Morgan fingerprint density at radius 2 is 2.25 bits per heavy atom. The standard InChI is InChI=1S/C13H18N4O3/c14-11-2-1-5-16(8-11)7-10-4-3-9(13(15)18)6-12(10)17(19)20/h3-4,6,11H,1-2,5,7-8,14H2,(H2,15,18). The van der Waals surface area contributed by atoms with Crippen LogP contribution in [0.2, 0.25) is 0 Å². The largest absolute Gasteiger partial charge is 0.366 e. The number of nitro benzene ring substituents is 1. The summed E-state index contributed by atoms with van der Waals surface area (Å²) in [6.07, 6.45) is 1.98. The molecule has 7 heteroatoms. The van der Waals surface area contributed by atoms with Gasteiger partial charge in [-0.25, -0.2) is 0 Å². The number of rotatable bonds is 4. The molecule has 0 aromatic heterocycles. The Balaban J connectivity index is 2.22. The number of nitro groups is 1. The molecule has 7 nitrogen and oxygen atoms in total. The van der Waals surface area contributed by atoms with E-state index in [-0.39, 0.29) is 17.3 Å². The maximum Gasteiger partial charge on any atom is 0.274 e. The molecule has 108 valence electrons. The van der Waals surface area contributed by atoms with Crippen molar-refractivity contribution in [2.45, 2.75) is 25.4 Å². The Kier molecular flexibility index (Phi) is 4.31. The van der Waals surface area contributed by atoms with Crippen molar-refractivity contribution in [1.29, 1.82) is 0 Å². The average molecular weight is 278 g/mol. The van der Waals surface area contributed by atoms with Gasteiger partial charge < -0.3 is 11.5 Å². The second kappa shape index (κ2) is 5.98. The number of carbonyl (C=O) groups is 1. The highest BCUT2D eigenvalue weighted by atomic mass is 16.6. The lowest BCUT2D eigenvalue weighted by molar-refractivity contribution is -0.385. The van der Waals surface area contributed by atoms with Gasteiger partial charge in [-0.05, 0) is 25.5 Å². The second-order valence-corrected chi connectivity index (χ2v) is 5.10. The molecule has 1 aromatic rings. The molecule has 2 rings (SSSR count). The Hall–Kier alpha value is -1.99. The van der Waals surface area contributed by atoms with E-state index in [2.05, 4.69) is 4.90 Å². The summed E-state index contributed by atoms with van der Waals surface area (Å²) < 4.78 is 0. The number of nitrogens with two attached hydrogens (primary N) is 2. The van der Waals surface area contributed by atoms with Crippen LogP contribution in [0.1, 0.15) is 28.8 Å². The zero-order valence-corrected chi connectivity index (χ0v) is 11.1. The highest BCUT2D eigenvalue weighted by Crippen LogP contribution is 2.23. The third-order valence-electron chi connectivity index (χ3n) is 3.50. The van der Waals surface area contributed by atoms with E-state index in [1.807, 2.05) is 0 Å². The Morgan fingerprint density at radius 1 is 1.50 bits per heavy atom. The van der Waals surface area contributed by atoms with Crippen LogP contribution in [-0.2, 0) is 6.54 Å². The average Bonchev–Trinajstić information content (AvgIpc) is 2.38. The van der Waals surface area contributed by atoms with Crippen molar-refractivity contribution in [2.75, 3.05) is 13.1 Å². The van der Waals surface area contributed by atoms with Gasteiger partial charge in [0.2, 0.25) is 5.91 Å². The van der Waals surface area contributed by atoms with Crippen LogP contribution in [-0.4, -0.2) is 34.9 Å². The summed E-state index contributed by atoms with van der Waals surface area (Å²) in [5.74, 6) is -0.667. The first-order valence-corrected chi connectivity index (χ1v) is 6.52. The van der Waals surface area contributed by atoms with Crippen molar-refractivity contribution < 1.29 is 9.72 Å². The number of primary amides is 1. The molecule has 0 aliphatic carbocycles. The van der Waals surface area contributed by atoms with E-state index in [0.717, 1.165) is 25.9 Å². The third kappa shape index (κ3) is 3.31. The van der Waals surface area contributed by atoms with E-state index in [1.54, 1.807) is 6.07 Å². The van der Waals surface area contributed by atoms with E-state index in [1.165, 1.54) is 12.1 Å². The van der Waals surface area contributed by atoms with Gasteiger partial charge in [0.25, 0.3) is 5.69 Å². The fraction of sp³-hybridized carbons (Fsp3) is 0.462. The maximum atomic E-state index is 11.1. The van der Waals surface area contributed by atoms with E-state index in [4.69, 9.17) is 11.5 Å². The van der Waals surface area contributed by atoms with Gasteiger partial charge in [0.05, 0.1) is 4.92 Å². The Morgan fingerprint density at radius 3 is 2.85 bits per heavy atom. The Labute approximate surface area is 116 Å². The van der Waals surface area contributed by atoms with Crippen LogP contribution in [0.3, 0.4) is 0 Å². The maximum absolute atomic E-state index is 11.1. The lowest BCUT2D eigenvalue weighted by atomic mass is 10.0. The summed E-state index contributed by atoms with van der Waals surface area (Å²) in [5, 5.41) is 11.1. The summed E-state index contributed by atoms with van der Waals surface area (Å²) in [7, 11) is 0. The van der Waals surface area contributed by atoms with Crippen LogP contribution >= 0.6 is 0 Å². The molecule has 0 radical (unpaired) electrons. The zero-order chi connectivity index (χ0) is 14.7. The number of nitrogens with zero attached hydrogens (tertiary/aromatic N) is 2. The summed E-state index contributed by atoms with van der Waals surface area (Å²) in [6, 6.07) is 4.47. The molecule has 1 aliphatic rings. The lowest BCUT2D eigenvalue weighted by Crippen LogP contribution is -2.42. The molecule has 1 atom stereocenters. The molecule has 0 spiro atoms. The molecular weight excluding hydrogens is 260 g/mol. The van der Waals surface area contributed by atoms with Crippen LogP contribution in [0.25, 0.3) is 0 Å². The van der Waals surface area contributed by atoms with Gasteiger partial charge >= 0.3 is 0 Å². The van der Waals surface area contributed by atoms with Crippen molar-refractivity contribution in [3.05, 3.63) is 39.4 Å². The predicted molar refractivity (Wildman–Crippen MR) is 74.1 cm³/mol. The fourth-order valence-corrected chi connectivity index (χ4v) is 2.50. The molecule has 1 saturated heterocycles. The van der Waals surface area contributed by atoms with E-state index < -0.39 is 10.8 Å². The van der Waals surface area contributed by atoms with Crippen molar-refractivity contribution >= 4 is 11.6 Å². The monoisotopic (exact) mass is 278 g/mol. The number of hydrogen-bond acceptors (Lipinski definition) is 5. The normalized spacial score (nSPS) is 19.8. The molecule has 0 saturated carbocycles. The van der Waals surface area contributed by atoms with Crippen molar-refractivity contribution in [3.63, 3.8) is 0 Å². The van der Waals surface area contributed by atoms with Gasteiger partial charge in [0.15, 0.2) is 0 Å². The van der Waals surface area contributed by atoms with E-state index >= 15 is 0 Å². The number of carbonyl (C=O) groups excluding carboxylic acids is 1. The van der Waals surface area contributed by atoms with Gasteiger partial charge in [0.1, 0.15) is 0 Å². The lowest BCUT2D eigenvalue weighted by Gasteiger charge is -2.30. The molecule has 1 heterocycles. The van der Waals surface area contributed by atoms with Crippen molar-refractivity contribution in [2.24, 2.45) is 11.5 Å². The van der Waals surface area contributed by atoms with Crippen LogP contribution in [0, 0.1) is 10.1 Å². The molecule has 4 N–H and O–H groups in total. The van der Waals surface area contributed by atoms with Crippen LogP contribution in [0.5, 0.6) is 0 Å². The summed E-state index contributed by atoms with van der Waals surface area (Å²) in [5.41, 5.74) is 11.7.